The molecule has 13 heavy (non-hydrogen) atoms. The van der Waals surface area contributed by atoms with Crippen LogP contribution >= 0.6 is 0 Å². The van der Waals surface area contributed by atoms with Crippen LogP contribution in [-0.2, 0) is 9.53 Å². The summed E-state index contributed by atoms with van der Waals surface area (Å²) in [4.78, 5) is 10.2. The second-order valence-electron chi connectivity index (χ2n) is 3.60. The van der Waals surface area contributed by atoms with Crippen LogP contribution in [0, 0.1) is 0 Å². The van der Waals surface area contributed by atoms with Gasteiger partial charge in [-0.05, 0) is 6.92 Å². The lowest BCUT2D eigenvalue weighted by Gasteiger charge is -2.34. The van der Waals surface area contributed by atoms with Crippen LogP contribution in [-0.4, -0.2) is 42.5 Å². The molecule has 0 bridgehead atoms. The van der Waals surface area contributed by atoms with Crippen molar-refractivity contribution in [2.45, 2.75) is 25.0 Å². The van der Waals surface area contributed by atoms with E-state index in [2.05, 4.69) is 0 Å². The van der Waals surface area contributed by atoms with E-state index < -0.39 is 11.6 Å². The van der Waals surface area contributed by atoms with Crippen molar-refractivity contribution in [3.05, 3.63) is 0 Å². The molecule has 2 atom stereocenters. The smallest absolute Gasteiger partial charge is 0.139 e. The molecule has 1 saturated heterocycles. The molecular weight excluding hydrogens is 174 g/mol. The molecule has 5 nitrogen and oxygen atoms in total. The molecule has 5 heteroatoms. The predicted octanol–water partition coefficient (Wildman–Crippen LogP) is -3.16. The number of hydrogen-bond acceptors (Lipinski definition) is 4. The Labute approximate surface area is 76.7 Å². The molecule has 0 aromatic heterocycles. The van der Waals surface area contributed by atoms with Crippen LogP contribution in [0.4, 0.5) is 0 Å². The van der Waals surface area contributed by atoms with Crippen molar-refractivity contribution in [2.75, 3.05) is 19.8 Å². The molecule has 1 aliphatic rings. The van der Waals surface area contributed by atoms with Crippen molar-refractivity contribution in [1.82, 2.24) is 0 Å². The fourth-order valence-electron chi connectivity index (χ4n) is 1.41. The lowest BCUT2D eigenvalue weighted by Crippen LogP contribution is -2.97. The van der Waals surface area contributed by atoms with E-state index >= 15 is 0 Å². The van der Waals surface area contributed by atoms with E-state index in [0.717, 1.165) is 0 Å². The highest BCUT2D eigenvalue weighted by Crippen LogP contribution is 2.17. The summed E-state index contributed by atoms with van der Waals surface area (Å²) in [5.74, 6) is -1.12. The average Bonchev–Trinajstić information content (AvgIpc) is 2.01. The van der Waals surface area contributed by atoms with Crippen LogP contribution in [0.1, 0.15) is 13.3 Å². The van der Waals surface area contributed by atoms with Gasteiger partial charge in [0.2, 0.25) is 0 Å². The van der Waals surface area contributed by atoms with E-state index in [-0.39, 0.29) is 12.6 Å². The number of aliphatic carboxylic acids is 1. The summed E-state index contributed by atoms with van der Waals surface area (Å²) in [5.41, 5.74) is -0.840. The molecule has 1 aliphatic heterocycles. The van der Waals surface area contributed by atoms with E-state index in [0.29, 0.717) is 19.6 Å². The Balaban J connectivity index is 2.41. The summed E-state index contributed by atoms with van der Waals surface area (Å²) in [6.45, 7) is 2.49. The molecule has 76 valence electrons. The van der Waals surface area contributed by atoms with Gasteiger partial charge in [-0.2, -0.15) is 0 Å². The number of hydrogen-bond donors (Lipinski definition) is 2. The maximum atomic E-state index is 10.2. The van der Waals surface area contributed by atoms with Crippen molar-refractivity contribution < 1.29 is 25.1 Å². The number of aliphatic hydroxyl groups is 1. The van der Waals surface area contributed by atoms with Gasteiger partial charge in [-0.15, -0.1) is 0 Å². The van der Waals surface area contributed by atoms with Gasteiger partial charge in [-0.25, -0.2) is 0 Å². The van der Waals surface area contributed by atoms with Gasteiger partial charge in [0.15, 0.2) is 0 Å². The van der Waals surface area contributed by atoms with Gasteiger partial charge in [-0.1, -0.05) is 0 Å². The van der Waals surface area contributed by atoms with Crippen LogP contribution in [0.3, 0.4) is 0 Å². The quantitative estimate of drug-likeness (QED) is 0.490. The topological polar surface area (TPSA) is 86.2 Å². The molecular formula is C8H15NO4. The summed E-state index contributed by atoms with van der Waals surface area (Å²) < 4.78 is 5.15. The molecule has 0 aromatic rings. The normalized spacial score (nSPS) is 34.5. The van der Waals surface area contributed by atoms with E-state index in [4.69, 9.17) is 4.74 Å². The minimum absolute atomic E-state index is 0.135. The Hall–Kier alpha value is -0.650. The predicted molar refractivity (Wildman–Crippen MR) is 41.6 cm³/mol. The molecule has 1 heterocycles. The minimum atomic E-state index is -1.12. The van der Waals surface area contributed by atoms with E-state index in [1.165, 1.54) is 0 Å². The number of nitrogens with two attached hydrogens (primary N) is 1. The Morgan fingerprint density at radius 3 is 3.08 bits per heavy atom. The largest absolute Gasteiger partial charge is 0.544 e. The number of rotatable bonds is 3. The third-order valence-corrected chi connectivity index (χ3v) is 2.42. The first-order valence-electron chi connectivity index (χ1n) is 4.35. The van der Waals surface area contributed by atoms with E-state index in [1.807, 2.05) is 0 Å². The number of carbonyl (C=O) groups is 1. The third kappa shape index (κ3) is 2.95. The van der Waals surface area contributed by atoms with Crippen LogP contribution in [0.2, 0.25) is 0 Å². The summed E-state index contributed by atoms with van der Waals surface area (Å²) in [7, 11) is 0. The van der Waals surface area contributed by atoms with Crippen LogP contribution in [0.15, 0.2) is 0 Å². The Kier molecular flexibility index (Phi) is 3.24. The first-order valence-corrected chi connectivity index (χ1v) is 4.35. The first kappa shape index (κ1) is 10.4. The average molecular weight is 189 g/mol. The van der Waals surface area contributed by atoms with Gasteiger partial charge < -0.3 is 25.1 Å². The number of carboxylic acid groups (broad SMARTS) is 1. The molecule has 0 amide bonds. The fraction of sp³-hybridized carbons (Fsp3) is 0.875. The summed E-state index contributed by atoms with van der Waals surface area (Å²) in [6.07, 6.45) is 0.543. The summed E-state index contributed by atoms with van der Waals surface area (Å²) in [6, 6.07) is -0.209. The SMILES string of the molecule is C[C@]1(O)CCOC[C@H]1[NH2+]CC(=O)[O-]. The zero-order valence-corrected chi connectivity index (χ0v) is 7.66. The van der Waals surface area contributed by atoms with Gasteiger partial charge in [0, 0.05) is 13.0 Å². The zero-order chi connectivity index (χ0) is 9.90. The standard InChI is InChI=1S/C8H15NO4/c1-8(12)2-3-13-5-6(8)9-4-7(10)11/h6,9,12H,2-5H2,1H3,(H,10,11)/t6-,8+/m1/s1. The molecule has 3 N–H and O–H groups in total. The fourth-order valence-corrected chi connectivity index (χ4v) is 1.41. The van der Waals surface area contributed by atoms with Gasteiger partial charge in [0.05, 0.1) is 5.97 Å². The van der Waals surface area contributed by atoms with E-state index in [9.17, 15) is 15.0 Å². The molecule has 0 unspecified atom stereocenters. The van der Waals surface area contributed by atoms with Crippen LogP contribution < -0.4 is 10.4 Å². The van der Waals surface area contributed by atoms with E-state index in [1.54, 1.807) is 12.2 Å². The van der Waals surface area contributed by atoms with Gasteiger partial charge in [0.25, 0.3) is 0 Å². The summed E-state index contributed by atoms with van der Waals surface area (Å²) >= 11 is 0. The van der Waals surface area contributed by atoms with Crippen molar-refractivity contribution in [1.29, 1.82) is 0 Å². The monoisotopic (exact) mass is 189 g/mol. The highest BCUT2D eigenvalue weighted by Gasteiger charge is 2.37. The number of carboxylic acids is 1. The Morgan fingerprint density at radius 1 is 1.85 bits per heavy atom. The molecule has 0 saturated carbocycles. The second-order valence-corrected chi connectivity index (χ2v) is 3.60. The lowest BCUT2D eigenvalue weighted by atomic mass is 9.91. The number of quaternary nitrogens is 1. The van der Waals surface area contributed by atoms with Crippen molar-refractivity contribution in [3.63, 3.8) is 0 Å². The number of carbonyl (C=O) groups excluding carboxylic acids is 1. The van der Waals surface area contributed by atoms with Gasteiger partial charge in [-0.3, -0.25) is 0 Å². The van der Waals surface area contributed by atoms with Crippen molar-refractivity contribution in [3.8, 4) is 0 Å². The minimum Gasteiger partial charge on any atom is -0.544 e. The highest BCUT2D eigenvalue weighted by molar-refractivity contribution is 5.64. The van der Waals surface area contributed by atoms with Gasteiger partial charge >= 0.3 is 0 Å². The Morgan fingerprint density at radius 2 is 2.54 bits per heavy atom. The maximum absolute atomic E-state index is 10.2. The highest BCUT2D eigenvalue weighted by atomic mass is 16.5. The molecule has 0 spiro atoms. The Bertz CT molecular complexity index is 193. The number of ether oxygens (including phenoxy) is 1. The zero-order valence-electron chi connectivity index (χ0n) is 7.66. The molecule has 0 radical (unpaired) electrons. The third-order valence-electron chi connectivity index (χ3n) is 2.42. The molecule has 1 rings (SSSR count). The lowest BCUT2D eigenvalue weighted by molar-refractivity contribution is -0.702. The molecule has 0 aromatic carbocycles. The van der Waals surface area contributed by atoms with Crippen molar-refractivity contribution >= 4 is 5.97 Å². The molecule has 1 fully saturated rings. The van der Waals surface area contributed by atoms with Gasteiger partial charge in [0.1, 0.15) is 24.8 Å². The second kappa shape index (κ2) is 4.04. The van der Waals surface area contributed by atoms with Crippen molar-refractivity contribution in [2.24, 2.45) is 0 Å². The van der Waals surface area contributed by atoms with Crippen LogP contribution in [0.5, 0.6) is 0 Å². The summed E-state index contributed by atoms with van der Waals surface area (Å²) in [5, 5.41) is 21.6. The van der Waals surface area contributed by atoms with Crippen LogP contribution in [0.25, 0.3) is 0 Å². The molecule has 0 aliphatic carbocycles. The maximum Gasteiger partial charge on any atom is 0.139 e. The first-order chi connectivity index (χ1) is 6.02.